The molecule has 7 nitrogen and oxygen atoms in total. The second-order valence-corrected chi connectivity index (χ2v) is 7.23. The summed E-state index contributed by atoms with van der Waals surface area (Å²) in [4.78, 5) is 0.206. The van der Waals surface area contributed by atoms with E-state index < -0.39 is 10.0 Å². The molecule has 1 saturated carbocycles. The van der Waals surface area contributed by atoms with Crippen molar-refractivity contribution in [2.24, 2.45) is 0 Å². The highest BCUT2D eigenvalue weighted by Gasteiger charge is 2.38. The number of aromatic nitrogens is 2. The van der Waals surface area contributed by atoms with Crippen molar-refractivity contribution in [3.63, 3.8) is 0 Å². The lowest BCUT2D eigenvalue weighted by atomic mass is 9.80. The van der Waals surface area contributed by atoms with Gasteiger partial charge in [0.2, 0.25) is 10.0 Å². The van der Waals surface area contributed by atoms with Crippen LogP contribution in [0.25, 0.3) is 0 Å². The van der Waals surface area contributed by atoms with Crippen LogP contribution >= 0.6 is 0 Å². The summed E-state index contributed by atoms with van der Waals surface area (Å²) in [5, 5.41) is 7.14. The van der Waals surface area contributed by atoms with Gasteiger partial charge in [-0.3, -0.25) is 4.68 Å². The summed E-state index contributed by atoms with van der Waals surface area (Å²) in [5.41, 5.74) is -0.324. The van der Waals surface area contributed by atoms with Crippen LogP contribution in [0.3, 0.4) is 0 Å². The van der Waals surface area contributed by atoms with Gasteiger partial charge in [-0.15, -0.1) is 0 Å². The van der Waals surface area contributed by atoms with Gasteiger partial charge in [0.15, 0.2) is 0 Å². The first kappa shape index (κ1) is 16.4. The predicted molar refractivity (Wildman–Crippen MR) is 79.6 cm³/mol. The van der Waals surface area contributed by atoms with E-state index in [1.54, 1.807) is 18.0 Å². The molecule has 0 aliphatic heterocycles. The number of nitrogens with one attached hydrogen (secondary N) is 2. The number of nitrogens with zero attached hydrogens (tertiary/aromatic N) is 2. The Morgan fingerprint density at radius 3 is 2.81 bits per heavy atom. The second-order valence-electron chi connectivity index (χ2n) is 5.46. The van der Waals surface area contributed by atoms with Gasteiger partial charge in [0.25, 0.3) is 0 Å². The maximum absolute atomic E-state index is 12.2. The molecule has 1 aromatic heterocycles. The molecule has 0 aromatic carbocycles. The van der Waals surface area contributed by atoms with Gasteiger partial charge in [-0.05, 0) is 39.3 Å². The van der Waals surface area contributed by atoms with E-state index >= 15 is 0 Å². The van der Waals surface area contributed by atoms with Crippen molar-refractivity contribution in [2.45, 2.75) is 42.7 Å². The molecule has 1 heterocycles. The van der Waals surface area contributed by atoms with Gasteiger partial charge in [0.1, 0.15) is 4.90 Å². The first-order chi connectivity index (χ1) is 10.0. The third-order valence-corrected chi connectivity index (χ3v) is 5.37. The van der Waals surface area contributed by atoms with Crippen LogP contribution in [-0.2, 0) is 21.3 Å². The van der Waals surface area contributed by atoms with E-state index in [1.807, 2.05) is 7.05 Å². The van der Waals surface area contributed by atoms with Gasteiger partial charge in [0.05, 0.1) is 11.8 Å². The lowest BCUT2D eigenvalue weighted by Gasteiger charge is -2.40. The number of hydrogen-bond acceptors (Lipinski definition) is 5. The molecule has 0 saturated heterocycles. The Kier molecular flexibility index (Phi) is 5.37. The van der Waals surface area contributed by atoms with Crippen LogP contribution in [0.2, 0.25) is 0 Å². The fraction of sp³-hybridized carbons (Fsp3) is 0.769. The topological polar surface area (TPSA) is 85.2 Å². The Morgan fingerprint density at radius 1 is 1.48 bits per heavy atom. The average molecular weight is 316 g/mol. The quantitative estimate of drug-likeness (QED) is 0.642. The molecule has 0 atom stereocenters. The molecule has 0 radical (unpaired) electrons. The molecule has 2 N–H and O–H groups in total. The van der Waals surface area contributed by atoms with Gasteiger partial charge < -0.3 is 10.1 Å². The van der Waals surface area contributed by atoms with Crippen LogP contribution in [0.15, 0.2) is 17.3 Å². The van der Waals surface area contributed by atoms with Crippen LogP contribution in [0.5, 0.6) is 0 Å². The van der Waals surface area contributed by atoms with E-state index in [-0.39, 0.29) is 10.5 Å². The SMILES string of the molecule is CNCCCn1cc(S(=O)(=O)NCC2(OC)CCC2)cn1. The smallest absolute Gasteiger partial charge is 0.243 e. The molecule has 1 aromatic rings. The first-order valence-electron chi connectivity index (χ1n) is 7.23. The van der Waals surface area contributed by atoms with E-state index in [9.17, 15) is 8.42 Å². The fourth-order valence-corrected chi connectivity index (χ4v) is 3.42. The first-order valence-corrected chi connectivity index (χ1v) is 8.71. The number of methoxy groups -OCH3 is 1. The fourth-order valence-electron chi connectivity index (χ4n) is 2.36. The number of aryl methyl sites for hydroxylation is 1. The number of rotatable bonds is 9. The van der Waals surface area contributed by atoms with Crippen molar-refractivity contribution in [2.75, 3.05) is 27.2 Å². The molecule has 1 aliphatic carbocycles. The normalized spacial score (nSPS) is 17.6. The molecule has 1 aliphatic rings. The summed E-state index contributed by atoms with van der Waals surface area (Å²) in [6.45, 7) is 1.88. The molecule has 0 spiro atoms. The Morgan fingerprint density at radius 2 is 2.24 bits per heavy atom. The lowest BCUT2D eigenvalue weighted by molar-refractivity contribution is -0.0659. The molecule has 0 amide bonds. The minimum atomic E-state index is -3.52. The highest BCUT2D eigenvalue weighted by Crippen LogP contribution is 2.34. The van der Waals surface area contributed by atoms with E-state index in [1.165, 1.54) is 6.20 Å². The Labute approximate surface area is 126 Å². The summed E-state index contributed by atoms with van der Waals surface area (Å²) in [7, 11) is -0.00238. The highest BCUT2D eigenvalue weighted by molar-refractivity contribution is 7.89. The van der Waals surface area contributed by atoms with Gasteiger partial charge in [0, 0.05) is 26.4 Å². The third-order valence-electron chi connectivity index (χ3n) is 4.02. The maximum atomic E-state index is 12.2. The second kappa shape index (κ2) is 6.87. The minimum Gasteiger partial charge on any atom is -0.377 e. The van der Waals surface area contributed by atoms with Gasteiger partial charge in [-0.1, -0.05) is 0 Å². The van der Waals surface area contributed by atoms with Crippen LogP contribution in [0, 0.1) is 0 Å². The molecule has 0 unspecified atom stereocenters. The van der Waals surface area contributed by atoms with E-state index in [0.29, 0.717) is 13.1 Å². The number of ether oxygens (including phenoxy) is 1. The zero-order chi connectivity index (χ0) is 15.3. The summed E-state index contributed by atoms with van der Waals surface area (Å²) < 4.78 is 34.2. The molecule has 0 bridgehead atoms. The van der Waals surface area contributed by atoms with Gasteiger partial charge >= 0.3 is 0 Å². The van der Waals surface area contributed by atoms with Crippen LogP contribution in [0.1, 0.15) is 25.7 Å². The van der Waals surface area contributed by atoms with Crippen molar-refractivity contribution >= 4 is 10.0 Å². The van der Waals surface area contributed by atoms with E-state index in [0.717, 1.165) is 32.2 Å². The highest BCUT2D eigenvalue weighted by atomic mass is 32.2. The van der Waals surface area contributed by atoms with E-state index in [2.05, 4.69) is 15.1 Å². The van der Waals surface area contributed by atoms with Crippen molar-refractivity contribution in [1.29, 1.82) is 0 Å². The Bertz CT molecular complexity index is 546. The van der Waals surface area contributed by atoms with Crippen LogP contribution < -0.4 is 10.0 Å². The lowest BCUT2D eigenvalue weighted by Crippen LogP contribution is -2.49. The molecule has 120 valence electrons. The zero-order valence-electron chi connectivity index (χ0n) is 12.6. The number of sulfonamides is 1. The molecular weight excluding hydrogens is 292 g/mol. The monoisotopic (exact) mass is 316 g/mol. The number of hydrogen-bond donors (Lipinski definition) is 2. The van der Waals surface area contributed by atoms with Gasteiger partial charge in [-0.25, -0.2) is 13.1 Å². The molecule has 21 heavy (non-hydrogen) atoms. The molecule has 8 heteroatoms. The summed E-state index contributed by atoms with van der Waals surface area (Å²) in [5.74, 6) is 0. The summed E-state index contributed by atoms with van der Waals surface area (Å²) >= 11 is 0. The van der Waals surface area contributed by atoms with Crippen molar-refractivity contribution in [3.8, 4) is 0 Å². The summed E-state index contributed by atoms with van der Waals surface area (Å²) in [6, 6.07) is 0. The standard InChI is InChI=1S/C13H24N4O3S/c1-14-7-4-8-17-10-12(9-15-17)21(18,19)16-11-13(20-2)5-3-6-13/h9-10,14,16H,3-8,11H2,1-2H3. The zero-order valence-corrected chi connectivity index (χ0v) is 13.4. The van der Waals surface area contributed by atoms with Crippen LogP contribution in [0.4, 0.5) is 0 Å². The van der Waals surface area contributed by atoms with Crippen molar-refractivity contribution in [1.82, 2.24) is 19.8 Å². The van der Waals surface area contributed by atoms with Crippen molar-refractivity contribution < 1.29 is 13.2 Å². The Hall–Kier alpha value is -0.960. The summed E-state index contributed by atoms with van der Waals surface area (Å²) in [6.07, 6.45) is 6.74. The Balaban J connectivity index is 1.93. The maximum Gasteiger partial charge on any atom is 0.243 e. The molecular formula is C13H24N4O3S. The molecule has 1 fully saturated rings. The van der Waals surface area contributed by atoms with Gasteiger partial charge in [-0.2, -0.15) is 5.10 Å². The predicted octanol–water partition coefficient (Wildman–Crippen LogP) is 0.340. The average Bonchev–Trinajstić information content (AvgIpc) is 2.88. The van der Waals surface area contributed by atoms with Crippen molar-refractivity contribution in [3.05, 3.63) is 12.4 Å². The minimum absolute atomic E-state index is 0.206. The van der Waals surface area contributed by atoms with E-state index in [4.69, 9.17) is 4.74 Å². The molecule has 2 rings (SSSR count). The van der Waals surface area contributed by atoms with Crippen LogP contribution in [-0.4, -0.2) is 51.0 Å². The largest absolute Gasteiger partial charge is 0.377 e. The third kappa shape index (κ3) is 4.03.